The van der Waals surface area contributed by atoms with E-state index in [9.17, 15) is 4.79 Å². The van der Waals surface area contributed by atoms with Crippen molar-refractivity contribution in [1.29, 1.82) is 0 Å². The number of thiophene rings is 1. The normalized spacial score (nSPS) is 10.1. The van der Waals surface area contributed by atoms with Crippen LogP contribution < -0.4 is 15.8 Å². The molecule has 0 spiro atoms. The Morgan fingerprint density at radius 3 is 2.80 bits per heavy atom. The van der Waals surface area contributed by atoms with Gasteiger partial charge in [0, 0.05) is 10.4 Å². The van der Waals surface area contributed by atoms with E-state index in [2.05, 4.69) is 5.32 Å². The zero-order valence-electron chi connectivity index (χ0n) is 10.9. The highest BCUT2D eigenvalue weighted by molar-refractivity contribution is 7.80. The number of amides is 1. The number of carbonyl (C=O) groups excluding carboxylic acids is 1. The van der Waals surface area contributed by atoms with Crippen LogP contribution in [0.5, 0.6) is 5.75 Å². The molecule has 1 aromatic heterocycles. The van der Waals surface area contributed by atoms with Gasteiger partial charge in [-0.3, -0.25) is 4.79 Å². The van der Waals surface area contributed by atoms with Gasteiger partial charge in [0.05, 0.1) is 19.2 Å². The summed E-state index contributed by atoms with van der Waals surface area (Å²) in [5, 5.41) is 4.76. The fourth-order valence-electron chi connectivity index (χ4n) is 1.79. The zero-order valence-corrected chi connectivity index (χ0v) is 12.5. The number of methoxy groups -OCH3 is 1. The molecule has 2 rings (SSSR count). The summed E-state index contributed by atoms with van der Waals surface area (Å²) in [6.07, 6.45) is 0.312. The first-order chi connectivity index (χ1) is 9.61. The average molecular weight is 306 g/mol. The number of carbonyl (C=O) groups is 1. The van der Waals surface area contributed by atoms with Gasteiger partial charge >= 0.3 is 0 Å². The molecule has 0 atom stereocenters. The van der Waals surface area contributed by atoms with Gasteiger partial charge in [0.25, 0.3) is 0 Å². The van der Waals surface area contributed by atoms with Crippen molar-refractivity contribution in [3.8, 4) is 5.75 Å². The lowest BCUT2D eigenvalue weighted by Gasteiger charge is -2.14. The molecular formula is C14H14N2O2S2. The van der Waals surface area contributed by atoms with Gasteiger partial charge in [-0.1, -0.05) is 24.4 Å². The molecule has 4 nitrogen and oxygen atoms in total. The van der Waals surface area contributed by atoms with Gasteiger partial charge in [-0.25, -0.2) is 0 Å². The molecule has 3 N–H and O–H groups in total. The highest BCUT2D eigenvalue weighted by Gasteiger charge is 2.14. The maximum absolute atomic E-state index is 12.1. The number of nitrogens with one attached hydrogen (secondary N) is 1. The molecule has 20 heavy (non-hydrogen) atoms. The second kappa shape index (κ2) is 6.49. The van der Waals surface area contributed by atoms with Crippen LogP contribution in [-0.4, -0.2) is 18.0 Å². The molecule has 0 aliphatic heterocycles. The summed E-state index contributed by atoms with van der Waals surface area (Å²) in [5.41, 5.74) is 6.79. The first-order valence-corrected chi connectivity index (χ1v) is 7.19. The molecule has 2 aromatic rings. The lowest BCUT2D eigenvalue weighted by molar-refractivity contribution is -0.115. The Hall–Kier alpha value is -1.92. The predicted molar refractivity (Wildman–Crippen MR) is 85.5 cm³/mol. The highest BCUT2D eigenvalue weighted by atomic mass is 32.1. The minimum Gasteiger partial charge on any atom is -0.495 e. The van der Waals surface area contributed by atoms with Crippen LogP contribution in [0.15, 0.2) is 35.7 Å². The molecule has 1 amide bonds. The standard InChI is InChI=1S/C14H14N2O2S2/c1-18-11-6-2-5-10(14(15)19)13(11)16-12(17)8-9-4-3-7-20-9/h2-7H,8H2,1H3,(H2,15,19)(H,16,17). The van der Waals surface area contributed by atoms with Gasteiger partial charge in [0.15, 0.2) is 0 Å². The number of rotatable bonds is 5. The Balaban J connectivity index is 2.23. The van der Waals surface area contributed by atoms with E-state index in [0.717, 1.165) is 4.88 Å². The van der Waals surface area contributed by atoms with Gasteiger partial charge < -0.3 is 15.8 Å². The van der Waals surface area contributed by atoms with E-state index in [1.165, 1.54) is 18.4 Å². The van der Waals surface area contributed by atoms with Crippen LogP contribution in [0.25, 0.3) is 0 Å². The van der Waals surface area contributed by atoms with Crippen LogP contribution in [0.4, 0.5) is 5.69 Å². The summed E-state index contributed by atoms with van der Waals surface area (Å²) >= 11 is 6.54. The molecule has 6 heteroatoms. The lowest BCUT2D eigenvalue weighted by atomic mass is 10.1. The van der Waals surface area contributed by atoms with Crippen LogP contribution in [0.3, 0.4) is 0 Å². The van der Waals surface area contributed by atoms with E-state index < -0.39 is 0 Å². The van der Waals surface area contributed by atoms with E-state index in [1.54, 1.807) is 18.2 Å². The molecule has 0 fully saturated rings. The van der Waals surface area contributed by atoms with Crippen molar-refractivity contribution in [3.05, 3.63) is 46.2 Å². The maximum Gasteiger partial charge on any atom is 0.229 e. The van der Waals surface area contributed by atoms with Crippen LogP contribution >= 0.6 is 23.6 Å². The summed E-state index contributed by atoms with van der Waals surface area (Å²) in [4.78, 5) is 13.3. The van der Waals surface area contributed by atoms with E-state index >= 15 is 0 Å². The molecule has 0 bridgehead atoms. The number of para-hydroxylation sites is 1. The van der Waals surface area contributed by atoms with Gasteiger partial charge in [0.1, 0.15) is 10.7 Å². The third-order valence-electron chi connectivity index (χ3n) is 2.69. The van der Waals surface area contributed by atoms with Crippen molar-refractivity contribution in [2.45, 2.75) is 6.42 Å². The van der Waals surface area contributed by atoms with E-state index in [4.69, 9.17) is 22.7 Å². The number of thiocarbonyl (C=S) groups is 1. The summed E-state index contributed by atoms with van der Waals surface area (Å²) in [7, 11) is 1.54. The molecule has 1 aromatic carbocycles. The SMILES string of the molecule is COc1cccc(C(N)=S)c1NC(=O)Cc1cccs1. The molecule has 1 heterocycles. The molecule has 0 unspecified atom stereocenters. The Morgan fingerprint density at radius 1 is 1.40 bits per heavy atom. The Bertz CT molecular complexity index is 624. The number of hydrogen-bond acceptors (Lipinski definition) is 4. The first-order valence-electron chi connectivity index (χ1n) is 5.91. The smallest absolute Gasteiger partial charge is 0.229 e. The number of benzene rings is 1. The average Bonchev–Trinajstić information content (AvgIpc) is 2.91. The van der Waals surface area contributed by atoms with Crippen LogP contribution in [-0.2, 0) is 11.2 Å². The molecule has 0 radical (unpaired) electrons. The maximum atomic E-state index is 12.1. The number of hydrogen-bond donors (Lipinski definition) is 2. The molecule has 0 saturated carbocycles. The molecule has 0 saturated heterocycles. The first kappa shape index (κ1) is 14.5. The van der Waals surface area contributed by atoms with Crippen molar-refractivity contribution >= 4 is 40.1 Å². The monoisotopic (exact) mass is 306 g/mol. The predicted octanol–water partition coefficient (Wildman–Crippen LogP) is 2.57. The van der Waals surface area contributed by atoms with E-state index in [-0.39, 0.29) is 10.9 Å². The minimum atomic E-state index is -0.130. The summed E-state index contributed by atoms with van der Waals surface area (Å²) in [6, 6.07) is 9.12. The molecule has 104 valence electrons. The fourth-order valence-corrected chi connectivity index (χ4v) is 2.66. The third-order valence-corrected chi connectivity index (χ3v) is 3.79. The van der Waals surface area contributed by atoms with Crippen molar-refractivity contribution in [1.82, 2.24) is 0 Å². The van der Waals surface area contributed by atoms with Crippen molar-refractivity contribution in [2.75, 3.05) is 12.4 Å². The Morgan fingerprint density at radius 2 is 2.20 bits per heavy atom. The van der Waals surface area contributed by atoms with Gasteiger partial charge in [0.2, 0.25) is 5.91 Å². The quantitative estimate of drug-likeness (QED) is 0.833. The highest BCUT2D eigenvalue weighted by Crippen LogP contribution is 2.28. The second-order valence-electron chi connectivity index (χ2n) is 4.05. The number of anilines is 1. The van der Waals surface area contributed by atoms with Crippen molar-refractivity contribution < 1.29 is 9.53 Å². The number of ether oxygens (including phenoxy) is 1. The summed E-state index contributed by atoms with van der Waals surface area (Å²) in [6.45, 7) is 0. The minimum absolute atomic E-state index is 0.130. The zero-order chi connectivity index (χ0) is 14.5. The van der Waals surface area contributed by atoms with Crippen LogP contribution in [0, 0.1) is 0 Å². The molecule has 0 aliphatic rings. The van der Waals surface area contributed by atoms with E-state index in [1.807, 2.05) is 17.5 Å². The topological polar surface area (TPSA) is 64.3 Å². The van der Waals surface area contributed by atoms with Crippen molar-refractivity contribution in [3.63, 3.8) is 0 Å². The second-order valence-corrected chi connectivity index (χ2v) is 5.52. The Labute approximate surface area is 126 Å². The third kappa shape index (κ3) is 3.34. The van der Waals surface area contributed by atoms with Gasteiger partial charge in [-0.15, -0.1) is 11.3 Å². The molecular weight excluding hydrogens is 292 g/mol. The number of nitrogens with two attached hydrogens (primary N) is 1. The van der Waals surface area contributed by atoms with Crippen molar-refractivity contribution in [2.24, 2.45) is 5.73 Å². The fraction of sp³-hybridized carbons (Fsp3) is 0.143. The largest absolute Gasteiger partial charge is 0.495 e. The summed E-state index contributed by atoms with van der Waals surface area (Å²) in [5.74, 6) is 0.407. The van der Waals surface area contributed by atoms with E-state index in [0.29, 0.717) is 23.4 Å². The molecule has 0 aliphatic carbocycles. The van der Waals surface area contributed by atoms with Gasteiger partial charge in [-0.05, 0) is 23.6 Å². The Kier molecular flexibility index (Phi) is 4.70. The van der Waals surface area contributed by atoms with Crippen LogP contribution in [0.2, 0.25) is 0 Å². The van der Waals surface area contributed by atoms with Gasteiger partial charge in [-0.2, -0.15) is 0 Å². The van der Waals surface area contributed by atoms with Crippen LogP contribution in [0.1, 0.15) is 10.4 Å². The lowest BCUT2D eigenvalue weighted by Crippen LogP contribution is -2.19. The summed E-state index contributed by atoms with van der Waals surface area (Å²) < 4.78 is 5.24.